The van der Waals surface area contributed by atoms with Gasteiger partial charge in [-0.15, -0.1) is 10.2 Å². The minimum absolute atomic E-state index is 0.138. The van der Waals surface area contributed by atoms with Crippen molar-refractivity contribution in [3.63, 3.8) is 0 Å². The summed E-state index contributed by atoms with van der Waals surface area (Å²) in [5, 5.41) is 10.2. The summed E-state index contributed by atoms with van der Waals surface area (Å²) in [5.74, 6) is 0.000804. The quantitative estimate of drug-likeness (QED) is 0.757. The summed E-state index contributed by atoms with van der Waals surface area (Å²) < 4.78 is 26.1. The Labute approximate surface area is 145 Å². The third kappa shape index (κ3) is 4.83. The zero-order chi connectivity index (χ0) is 17.7. The predicted molar refractivity (Wildman–Crippen MR) is 93.1 cm³/mol. The molecule has 0 spiro atoms. The van der Waals surface area contributed by atoms with Gasteiger partial charge in [-0.2, -0.15) is 4.31 Å². The molecule has 0 aliphatic heterocycles. The lowest BCUT2D eigenvalue weighted by atomic mass is 10.1. The Bertz CT molecular complexity index is 788. The number of amides is 1. The molecule has 0 aliphatic carbocycles. The highest BCUT2D eigenvalue weighted by Gasteiger charge is 2.26. The van der Waals surface area contributed by atoms with Gasteiger partial charge in [-0.1, -0.05) is 55.5 Å². The summed E-state index contributed by atoms with van der Waals surface area (Å²) in [7, 11) is -2.26. The van der Waals surface area contributed by atoms with Crippen LogP contribution in [0.1, 0.15) is 25.8 Å². The maximum absolute atomic E-state index is 12.5. The van der Waals surface area contributed by atoms with Crippen molar-refractivity contribution in [3.05, 3.63) is 35.9 Å². The molecule has 0 radical (unpaired) electrons. The SMILES string of the molecule is CC(C)CC(=O)Nc1nnc(S(=O)(=O)N(C)Cc2ccccc2)s1. The van der Waals surface area contributed by atoms with Crippen molar-refractivity contribution in [2.24, 2.45) is 5.92 Å². The monoisotopic (exact) mass is 368 g/mol. The molecule has 1 amide bonds. The Morgan fingerprint density at radius 2 is 1.92 bits per heavy atom. The third-order valence-corrected chi connectivity index (χ3v) is 6.11. The van der Waals surface area contributed by atoms with Crippen LogP contribution in [-0.4, -0.2) is 35.9 Å². The lowest BCUT2D eigenvalue weighted by Crippen LogP contribution is -2.26. The zero-order valence-electron chi connectivity index (χ0n) is 13.8. The molecular weight excluding hydrogens is 348 g/mol. The first-order chi connectivity index (χ1) is 11.3. The van der Waals surface area contributed by atoms with E-state index in [0.29, 0.717) is 6.42 Å². The molecule has 1 aromatic carbocycles. The molecule has 2 rings (SSSR count). The highest BCUT2D eigenvalue weighted by atomic mass is 32.2. The number of carbonyl (C=O) groups excluding carboxylic acids is 1. The zero-order valence-corrected chi connectivity index (χ0v) is 15.4. The molecule has 0 saturated carbocycles. The van der Waals surface area contributed by atoms with Gasteiger partial charge in [-0.3, -0.25) is 4.79 Å². The first-order valence-electron chi connectivity index (χ1n) is 7.42. The van der Waals surface area contributed by atoms with Crippen molar-refractivity contribution in [2.45, 2.75) is 31.2 Å². The highest BCUT2D eigenvalue weighted by Crippen LogP contribution is 2.24. The summed E-state index contributed by atoms with van der Waals surface area (Å²) in [6.45, 7) is 4.08. The number of benzene rings is 1. The van der Waals surface area contributed by atoms with Crippen LogP contribution in [0, 0.1) is 5.92 Å². The van der Waals surface area contributed by atoms with E-state index in [1.165, 1.54) is 11.4 Å². The first kappa shape index (κ1) is 18.5. The number of anilines is 1. The van der Waals surface area contributed by atoms with Crippen molar-refractivity contribution in [2.75, 3.05) is 12.4 Å². The molecule has 1 N–H and O–H groups in total. The average molecular weight is 368 g/mol. The van der Waals surface area contributed by atoms with Crippen LogP contribution in [0.25, 0.3) is 0 Å². The maximum Gasteiger partial charge on any atom is 0.272 e. The van der Waals surface area contributed by atoms with Crippen LogP contribution in [0.5, 0.6) is 0 Å². The smallest absolute Gasteiger partial charge is 0.272 e. The van der Waals surface area contributed by atoms with Crippen molar-refractivity contribution in [3.8, 4) is 0 Å². The molecule has 1 aromatic heterocycles. The molecule has 24 heavy (non-hydrogen) atoms. The van der Waals surface area contributed by atoms with Crippen LogP contribution in [-0.2, 0) is 21.4 Å². The van der Waals surface area contributed by atoms with Gasteiger partial charge < -0.3 is 5.32 Å². The Kier molecular flexibility index (Phi) is 6.03. The number of aromatic nitrogens is 2. The molecule has 9 heteroatoms. The van der Waals surface area contributed by atoms with Gasteiger partial charge in [-0.05, 0) is 11.5 Å². The van der Waals surface area contributed by atoms with Gasteiger partial charge in [-0.25, -0.2) is 8.42 Å². The topological polar surface area (TPSA) is 92.3 Å². The lowest BCUT2D eigenvalue weighted by Gasteiger charge is -2.14. The van der Waals surface area contributed by atoms with Crippen molar-refractivity contribution in [1.29, 1.82) is 0 Å². The Balaban J connectivity index is 2.08. The molecule has 0 fully saturated rings. The fraction of sp³-hybridized carbons (Fsp3) is 0.400. The Morgan fingerprint density at radius 1 is 1.25 bits per heavy atom. The van der Waals surface area contributed by atoms with Gasteiger partial charge in [0, 0.05) is 20.0 Å². The molecule has 0 bridgehead atoms. The maximum atomic E-state index is 12.5. The number of nitrogens with zero attached hydrogens (tertiary/aromatic N) is 3. The van der Waals surface area contributed by atoms with E-state index in [9.17, 15) is 13.2 Å². The minimum Gasteiger partial charge on any atom is -0.300 e. The summed E-state index contributed by atoms with van der Waals surface area (Å²) in [5.41, 5.74) is 0.874. The van der Waals surface area contributed by atoms with E-state index >= 15 is 0 Å². The predicted octanol–water partition coefficient (Wildman–Crippen LogP) is 2.34. The molecule has 1 heterocycles. The number of hydrogen-bond donors (Lipinski definition) is 1. The van der Waals surface area contributed by atoms with Crippen LogP contribution in [0.2, 0.25) is 0 Å². The van der Waals surface area contributed by atoms with Gasteiger partial charge in [0.15, 0.2) is 0 Å². The van der Waals surface area contributed by atoms with Crippen molar-refractivity contribution >= 4 is 32.4 Å². The second-order valence-corrected chi connectivity index (χ2v) is 8.96. The fourth-order valence-electron chi connectivity index (χ4n) is 1.96. The van der Waals surface area contributed by atoms with Gasteiger partial charge in [0.05, 0.1) is 0 Å². The van der Waals surface area contributed by atoms with Crippen molar-refractivity contribution < 1.29 is 13.2 Å². The largest absolute Gasteiger partial charge is 0.300 e. The molecule has 7 nitrogen and oxygen atoms in total. The van der Waals surface area contributed by atoms with Gasteiger partial charge in [0.1, 0.15) is 0 Å². The summed E-state index contributed by atoms with van der Waals surface area (Å²) in [6, 6.07) is 9.27. The molecule has 2 aromatic rings. The highest BCUT2D eigenvalue weighted by molar-refractivity contribution is 7.91. The fourth-order valence-corrected chi connectivity index (χ4v) is 4.23. The normalized spacial score (nSPS) is 11.9. The third-order valence-electron chi connectivity index (χ3n) is 3.13. The van der Waals surface area contributed by atoms with E-state index in [0.717, 1.165) is 16.9 Å². The number of hydrogen-bond acceptors (Lipinski definition) is 6. The summed E-state index contributed by atoms with van der Waals surface area (Å²) in [6.07, 6.45) is 0.343. The van der Waals surface area contributed by atoms with E-state index in [1.807, 2.05) is 44.2 Å². The number of rotatable bonds is 7. The standard InChI is InChI=1S/C15H20N4O3S2/c1-11(2)9-13(20)16-14-17-18-15(23-14)24(21,22)19(3)10-12-7-5-4-6-8-12/h4-8,11H,9-10H2,1-3H3,(H,16,17,20). The first-order valence-corrected chi connectivity index (χ1v) is 9.68. The van der Waals surface area contributed by atoms with E-state index < -0.39 is 10.0 Å². The van der Waals surface area contributed by atoms with Crippen LogP contribution in [0.4, 0.5) is 5.13 Å². The van der Waals surface area contributed by atoms with Crippen LogP contribution < -0.4 is 5.32 Å². The van der Waals surface area contributed by atoms with Gasteiger partial charge in [0.25, 0.3) is 10.0 Å². The minimum atomic E-state index is -3.75. The second-order valence-electron chi connectivity index (χ2n) is 5.77. The molecule has 130 valence electrons. The number of nitrogens with one attached hydrogen (secondary N) is 1. The Hall–Kier alpha value is -1.84. The summed E-state index contributed by atoms with van der Waals surface area (Å²) in [4.78, 5) is 11.7. The molecular formula is C15H20N4O3S2. The number of carbonyl (C=O) groups is 1. The number of sulfonamides is 1. The van der Waals surface area contributed by atoms with E-state index in [2.05, 4.69) is 15.5 Å². The van der Waals surface area contributed by atoms with Gasteiger partial charge >= 0.3 is 0 Å². The van der Waals surface area contributed by atoms with Crippen molar-refractivity contribution in [1.82, 2.24) is 14.5 Å². The van der Waals surface area contributed by atoms with Crippen LogP contribution >= 0.6 is 11.3 Å². The van der Waals surface area contributed by atoms with E-state index in [-0.39, 0.29) is 27.8 Å². The molecule has 0 aliphatic rings. The van der Waals surface area contributed by atoms with E-state index in [1.54, 1.807) is 0 Å². The van der Waals surface area contributed by atoms with E-state index in [4.69, 9.17) is 0 Å². The average Bonchev–Trinajstić information content (AvgIpc) is 2.96. The van der Waals surface area contributed by atoms with Crippen LogP contribution in [0.15, 0.2) is 34.7 Å². The summed E-state index contributed by atoms with van der Waals surface area (Å²) >= 11 is 0.850. The Morgan fingerprint density at radius 3 is 2.54 bits per heavy atom. The second kappa shape index (κ2) is 7.82. The van der Waals surface area contributed by atoms with Crippen LogP contribution in [0.3, 0.4) is 0 Å². The molecule has 0 unspecified atom stereocenters. The lowest BCUT2D eigenvalue weighted by molar-refractivity contribution is -0.116. The molecule has 0 atom stereocenters. The van der Waals surface area contributed by atoms with Gasteiger partial charge in [0.2, 0.25) is 15.4 Å². The molecule has 0 saturated heterocycles.